The van der Waals surface area contributed by atoms with E-state index in [0.717, 1.165) is 22.4 Å². The van der Waals surface area contributed by atoms with Gasteiger partial charge in [0.1, 0.15) is 5.75 Å². The van der Waals surface area contributed by atoms with Crippen molar-refractivity contribution in [2.45, 2.75) is 13.8 Å². The number of benzene rings is 2. The van der Waals surface area contributed by atoms with Gasteiger partial charge in [-0.25, -0.2) is 4.79 Å². The standard InChI is InChI=1S/C18H18O3/c1-12-4-7-15(10-13(12)2)17(18(19)20)11-14-5-8-16(21-3)9-6-14/h4-11H,1-3H3,(H,19,20)/b17-11-. The Balaban J connectivity index is 2.44. The smallest absolute Gasteiger partial charge is 0.336 e. The van der Waals surface area contributed by atoms with Crippen LogP contribution in [0.3, 0.4) is 0 Å². The van der Waals surface area contributed by atoms with E-state index in [2.05, 4.69) is 0 Å². The number of hydrogen-bond donors (Lipinski definition) is 1. The first kappa shape index (κ1) is 14.9. The number of aliphatic carboxylic acids is 1. The van der Waals surface area contributed by atoms with Crippen molar-refractivity contribution in [2.75, 3.05) is 7.11 Å². The number of hydrogen-bond acceptors (Lipinski definition) is 2. The zero-order valence-electron chi connectivity index (χ0n) is 12.4. The van der Waals surface area contributed by atoms with Crippen LogP contribution in [0, 0.1) is 13.8 Å². The van der Waals surface area contributed by atoms with Gasteiger partial charge in [0.25, 0.3) is 0 Å². The van der Waals surface area contributed by atoms with Crippen LogP contribution < -0.4 is 4.74 Å². The van der Waals surface area contributed by atoms with Crippen LogP contribution in [-0.4, -0.2) is 18.2 Å². The minimum Gasteiger partial charge on any atom is -0.497 e. The lowest BCUT2D eigenvalue weighted by Gasteiger charge is -2.07. The van der Waals surface area contributed by atoms with Gasteiger partial charge < -0.3 is 9.84 Å². The Morgan fingerprint density at radius 3 is 2.24 bits per heavy atom. The van der Waals surface area contributed by atoms with Gasteiger partial charge in [0.05, 0.1) is 12.7 Å². The highest BCUT2D eigenvalue weighted by Gasteiger charge is 2.11. The predicted molar refractivity (Wildman–Crippen MR) is 84.4 cm³/mol. The van der Waals surface area contributed by atoms with E-state index in [1.54, 1.807) is 13.2 Å². The number of ether oxygens (including phenoxy) is 1. The summed E-state index contributed by atoms with van der Waals surface area (Å²) in [6.07, 6.45) is 1.67. The van der Waals surface area contributed by atoms with Gasteiger partial charge in [-0.2, -0.15) is 0 Å². The number of aryl methyl sites for hydroxylation is 2. The summed E-state index contributed by atoms with van der Waals surface area (Å²) in [6.45, 7) is 3.98. The van der Waals surface area contributed by atoms with Crippen LogP contribution in [-0.2, 0) is 4.79 Å². The maximum absolute atomic E-state index is 11.5. The van der Waals surface area contributed by atoms with Crippen LogP contribution in [0.2, 0.25) is 0 Å². The second kappa shape index (κ2) is 6.27. The van der Waals surface area contributed by atoms with Crippen molar-refractivity contribution in [2.24, 2.45) is 0 Å². The highest BCUT2D eigenvalue weighted by atomic mass is 16.5. The third kappa shape index (κ3) is 3.51. The largest absolute Gasteiger partial charge is 0.497 e. The van der Waals surface area contributed by atoms with Gasteiger partial charge in [-0.3, -0.25) is 0 Å². The number of carbonyl (C=O) groups is 1. The van der Waals surface area contributed by atoms with Crippen LogP contribution in [0.5, 0.6) is 5.75 Å². The monoisotopic (exact) mass is 282 g/mol. The van der Waals surface area contributed by atoms with Gasteiger partial charge in [0, 0.05) is 0 Å². The Bertz CT molecular complexity index is 682. The molecule has 0 aliphatic rings. The predicted octanol–water partition coefficient (Wildman–Crippen LogP) is 3.94. The molecule has 0 aliphatic heterocycles. The van der Waals surface area contributed by atoms with Crippen molar-refractivity contribution in [3.63, 3.8) is 0 Å². The first-order valence-electron chi connectivity index (χ1n) is 6.68. The molecule has 3 nitrogen and oxygen atoms in total. The molecule has 0 saturated heterocycles. The molecule has 0 spiro atoms. The lowest BCUT2D eigenvalue weighted by atomic mass is 9.99. The SMILES string of the molecule is COc1ccc(/C=C(\C(=O)O)c2ccc(C)c(C)c2)cc1. The molecule has 21 heavy (non-hydrogen) atoms. The summed E-state index contributed by atoms with van der Waals surface area (Å²) in [5, 5.41) is 9.46. The molecule has 3 heteroatoms. The fraction of sp³-hybridized carbons (Fsp3) is 0.167. The van der Waals surface area contributed by atoms with Crippen molar-refractivity contribution in [1.82, 2.24) is 0 Å². The van der Waals surface area contributed by atoms with Crippen LogP contribution in [0.25, 0.3) is 11.6 Å². The lowest BCUT2D eigenvalue weighted by molar-refractivity contribution is -0.130. The van der Waals surface area contributed by atoms with E-state index in [1.807, 2.05) is 56.3 Å². The molecule has 0 aliphatic carbocycles. The minimum atomic E-state index is -0.936. The minimum absolute atomic E-state index is 0.281. The van der Waals surface area contributed by atoms with E-state index in [9.17, 15) is 9.90 Å². The molecule has 0 saturated carbocycles. The maximum Gasteiger partial charge on any atom is 0.336 e. The maximum atomic E-state index is 11.5. The van der Waals surface area contributed by atoms with Crippen LogP contribution >= 0.6 is 0 Å². The molecule has 0 unspecified atom stereocenters. The summed E-state index contributed by atoms with van der Waals surface area (Å²) in [7, 11) is 1.60. The highest BCUT2D eigenvalue weighted by molar-refractivity contribution is 6.20. The van der Waals surface area contributed by atoms with Crippen LogP contribution in [0.15, 0.2) is 42.5 Å². The fourth-order valence-corrected chi connectivity index (χ4v) is 2.04. The zero-order valence-corrected chi connectivity index (χ0v) is 12.4. The second-order valence-electron chi connectivity index (χ2n) is 4.94. The summed E-state index contributed by atoms with van der Waals surface area (Å²) < 4.78 is 5.10. The van der Waals surface area contributed by atoms with Crippen LogP contribution in [0.1, 0.15) is 22.3 Å². The van der Waals surface area contributed by atoms with E-state index in [4.69, 9.17) is 4.74 Å². The number of methoxy groups -OCH3 is 1. The molecule has 0 radical (unpaired) electrons. The molecule has 108 valence electrons. The molecule has 0 aromatic heterocycles. The zero-order chi connectivity index (χ0) is 15.4. The Morgan fingerprint density at radius 2 is 1.71 bits per heavy atom. The average molecular weight is 282 g/mol. The van der Waals surface area contributed by atoms with Gasteiger partial charge in [-0.1, -0.05) is 30.3 Å². The van der Waals surface area contributed by atoms with E-state index in [1.165, 1.54) is 0 Å². The summed E-state index contributed by atoms with van der Waals surface area (Å²) in [5.74, 6) is -0.190. The number of carboxylic acid groups (broad SMARTS) is 1. The summed E-state index contributed by atoms with van der Waals surface area (Å²) in [6, 6.07) is 13.0. The first-order valence-corrected chi connectivity index (χ1v) is 6.68. The molecule has 0 amide bonds. The molecule has 0 heterocycles. The van der Waals surface area contributed by atoms with Gasteiger partial charge >= 0.3 is 5.97 Å². The fourth-order valence-electron chi connectivity index (χ4n) is 2.04. The van der Waals surface area contributed by atoms with Crippen molar-refractivity contribution in [3.05, 3.63) is 64.7 Å². The van der Waals surface area contributed by atoms with Gasteiger partial charge in [0.2, 0.25) is 0 Å². The quantitative estimate of drug-likeness (QED) is 0.682. The van der Waals surface area contributed by atoms with E-state index >= 15 is 0 Å². The van der Waals surface area contributed by atoms with E-state index in [-0.39, 0.29) is 5.57 Å². The number of rotatable bonds is 4. The highest BCUT2D eigenvalue weighted by Crippen LogP contribution is 2.22. The normalized spacial score (nSPS) is 11.3. The average Bonchev–Trinajstić information content (AvgIpc) is 2.48. The molecule has 0 atom stereocenters. The van der Waals surface area contributed by atoms with Crippen molar-refractivity contribution in [1.29, 1.82) is 0 Å². The third-order valence-electron chi connectivity index (χ3n) is 3.48. The topological polar surface area (TPSA) is 46.5 Å². The summed E-state index contributed by atoms with van der Waals surface area (Å²) in [5.41, 5.74) is 4.04. The summed E-state index contributed by atoms with van der Waals surface area (Å²) >= 11 is 0. The van der Waals surface area contributed by atoms with Gasteiger partial charge in [0.15, 0.2) is 0 Å². The Hall–Kier alpha value is -2.55. The molecule has 2 aromatic carbocycles. The molecule has 2 aromatic rings. The second-order valence-corrected chi connectivity index (χ2v) is 4.94. The molecular weight excluding hydrogens is 264 g/mol. The molecule has 0 bridgehead atoms. The van der Waals surface area contributed by atoms with Crippen molar-refractivity contribution >= 4 is 17.6 Å². The molecule has 0 fully saturated rings. The summed E-state index contributed by atoms with van der Waals surface area (Å²) in [4.78, 5) is 11.5. The van der Waals surface area contributed by atoms with Crippen LogP contribution in [0.4, 0.5) is 0 Å². The van der Waals surface area contributed by atoms with Gasteiger partial charge in [-0.05, 0) is 54.3 Å². The molecular formula is C18H18O3. The van der Waals surface area contributed by atoms with Gasteiger partial charge in [-0.15, -0.1) is 0 Å². The van der Waals surface area contributed by atoms with E-state index < -0.39 is 5.97 Å². The third-order valence-corrected chi connectivity index (χ3v) is 3.48. The Morgan fingerprint density at radius 1 is 1.05 bits per heavy atom. The van der Waals surface area contributed by atoms with Crippen molar-refractivity contribution in [3.8, 4) is 5.75 Å². The Labute approximate surface area is 124 Å². The Kier molecular flexibility index (Phi) is 4.43. The lowest BCUT2D eigenvalue weighted by Crippen LogP contribution is -2.00. The van der Waals surface area contributed by atoms with Crippen molar-refractivity contribution < 1.29 is 14.6 Å². The molecule has 1 N–H and O–H groups in total. The number of carboxylic acids is 1. The van der Waals surface area contributed by atoms with E-state index in [0.29, 0.717) is 5.56 Å². The molecule has 2 rings (SSSR count). The first-order chi connectivity index (χ1) is 10.0.